The maximum absolute atomic E-state index is 11.6. The fraction of sp³-hybridized carbons (Fsp3) is 0.200. The van der Waals surface area contributed by atoms with Gasteiger partial charge in [0.1, 0.15) is 12.4 Å². The molecule has 0 spiro atoms. The highest BCUT2D eigenvalue weighted by Gasteiger charge is 2.06. The molecule has 170 valence electrons. The van der Waals surface area contributed by atoms with Gasteiger partial charge in [-0.1, -0.05) is 36.4 Å². The van der Waals surface area contributed by atoms with Crippen molar-refractivity contribution in [1.29, 1.82) is 0 Å². The molecular weight excluding hydrogens is 422 g/mol. The molecule has 4 rings (SSSR count). The molecule has 3 N–H and O–H groups in total. The Morgan fingerprint density at radius 3 is 2.55 bits per heavy atom. The van der Waals surface area contributed by atoms with E-state index in [1.54, 1.807) is 0 Å². The van der Waals surface area contributed by atoms with Crippen LogP contribution in [0, 0.1) is 6.92 Å². The van der Waals surface area contributed by atoms with Gasteiger partial charge in [0.25, 0.3) is 0 Å². The first-order chi connectivity index (χ1) is 16.0. The monoisotopic (exact) mass is 447 g/mol. The number of aliphatic hydroxyl groups is 1. The Bertz CT molecular complexity index is 1340. The van der Waals surface area contributed by atoms with Crippen LogP contribution < -0.4 is 21.5 Å². The number of nitrogens with zero attached hydrogens (tertiary/aromatic N) is 1. The number of aromatic nitrogens is 2. The first kappa shape index (κ1) is 22.2. The molecule has 33 heavy (non-hydrogen) atoms. The molecule has 0 atom stereocenters. The van der Waals surface area contributed by atoms with E-state index in [0.717, 1.165) is 44.0 Å². The highest BCUT2D eigenvalue weighted by molar-refractivity contribution is 5.69. The molecule has 0 aliphatic rings. The van der Waals surface area contributed by atoms with Crippen LogP contribution in [0.3, 0.4) is 0 Å². The normalized spacial score (nSPS) is 10.8. The zero-order valence-electron chi connectivity index (χ0n) is 18.2. The van der Waals surface area contributed by atoms with E-state index in [1.165, 1.54) is 0 Å². The third-order valence-electron chi connectivity index (χ3n) is 5.20. The van der Waals surface area contributed by atoms with Gasteiger partial charge in [0, 0.05) is 12.2 Å². The smallest absolute Gasteiger partial charge is 0.440 e. The Morgan fingerprint density at radius 2 is 1.85 bits per heavy atom. The predicted molar refractivity (Wildman–Crippen MR) is 126 cm³/mol. The molecule has 0 bridgehead atoms. The molecule has 0 aliphatic carbocycles. The number of anilines is 1. The molecule has 0 amide bonds. The molecule has 8 heteroatoms. The number of benzene rings is 3. The van der Waals surface area contributed by atoms with Crippen molar-refractivity contribution >= 4 is 5.69 Å². The molecule has 0 saturated heterocycles. The number of nitrogens with one attached hydrogen (secondary N) is 2. The quantitative estimate of drug-likeness (QED) is 0.364. The van der Waals surface area contributed by atoms with E-state index in [-0.39, 0.29) is 19.8 Å². The first-order valence-corrected chi connectivity index (χ1v) is 10.6. The lowest BCUT2D eigenvalue weighted by Crippen LogP contribution is -2.17. The Hall–Kier alpha value is -4.04. The van der Waals surface area contributed by atoms with E-state index in [0.29, 0.717) is 6.54 Å². The van der Waals surface area contributed by atoms with Crippen LogP contribution in [0.25, 0.3) is 11.1 Å². The molecule has 1 aromatic heterocycles. The SMILES string of the molecule is Cc1cc(OCCO)ccc1-c1cccc(CNc2ccc(Cn3oc(=O)[nH]c3=O)cc2)c1. The van der Waals surface area contributed by atoms with Crippen LogP contribution in [0.1, 0.15) is 16.7 Å². The van der Waals surface area contributed by atoms with Gasteiger partial charge in [-0.2, -0.15) is 0 Å². The number of rotatable bonds is 9. The summed E-state index contributed by atoms with van der Waals surface area (Å²) in [4.78, 5) is 24.7. The van der Waals surface area contributed by atoms with Gasteiger partial charge in [0.2, 0.25) is 0 Å². The molecule has 0 radical (unpaired) electrons. The highest BCUT2D eigenvalue weighted by Crippen LogP contribution is 2.28. The summed E-state index contributed by atoms with van der Waals surface area (Å²) in [6, 6.07) is 21.9. The van der Waals surface area contributed by atoms with Crippen molar-refractivity contribution in [3.63, 3.8) is 0 Å². The minimum atomic E-state index is -0.762. The Morgan fingerprint density at radius 1 is 1.03 bits per heavy atom. The van der Waals surface area contributed by atoms with Crippen molar-refractivity contribution in [2.24, 2.45) is 0 Å². The van der Waals surface area contributed by atoms with Gasteiger partial charge in [-0.15, -0.1) is 4.74 Å². The minimum absolute atomic E-state index is 0.0103. The zero-order chi connectivity index (χ0) is 23.2. The third-order valence-corrected chi connectivity index (χ3v) is 5.20. The van der Waals surface area contributed by atoms with Crippen LogP contribution >= 0.6 is 0 Å². The summed E-state index contributed by atoms with van der Waals surface area (Å²) < 4.78 is 11.3. The van der Waals surface area contributed by atoms with Crippen LogP contribution in [0.5, 0.6) is 5.75 Å². The number of aliphatic hydroxyl groups excluding tert-OH is 1. The number of aromatic amines is 1. The summed E-state index contributed by atoms with van der Waals surface area (Å²) in [5.41, 5.74) is 5.70. The van der Waals surface area contributed by atoms with Crippen molar-refractivity contribution in [2.75, 3.05) is 18.5 Å². The zero-order valence-corrected chi connectivity index (χ0v) is 18.2. The van der Waals surface area contributed by atoms with Gasteiger partial charge in [-0.25, -0.2) is 14.6 Å². The lowest BCUT2D eigenvalue weighted by molar-refractivity contribution is 0.201. The van der Waals surface area contributed by atoms with Gasteiger partial charge < -0.3 is 19.7 Å². The summed E-state index contributed by atoms with van der Waals surface area (Å²) in [5, 5.41) is 12.3. The fourth-order valence-electron chi connectivity index (χ4n) is 3.58. The standard InChI is InChI=1S/C25H25N3O5/c1-17-13-22(32-12-11-29)9-10-23(17)20-4-2-3-19(14-20)15-26-21-7-5-18(6-8-21)16-28-24(30)27-25(31)33-28/h2-10,13-14,26,29H,11-12,15-16H2,1H3,(H,27,30,31). The topological polar surface area (TPSA) is 109 Å². The van der Waals surface area contributed by atoms with Crippen LogP contribution in [0.15, 0.2) is 80.8 Å². The van der Waals surface area contributed by atoms with Gasteiger partial charge >= 0.3 is 11.4 Å². The molecule has 8 nitrogen and oxygen atoms in total. The second-order valence-corrected chi connectivity index (χ2v) is 7.65. The fourth-order valence-corrected chi connectivity index (χ4v) is 3.58. The maximum Gasteiger partial charge on any atom is 0.440 e. The third kappa shape index (κ3) is 5.61. The molecular formula is C25H25N3O5. The minimum Gasteiger partial charge on any atom is -0.491 e. The number of aryl methyl sites for hydroxylation is 1. The van der Waals surface area contributed by atoms with Crippen molar-refractivity contribution in [2.45, 2.75) is 20.0 Å². The van der Waals surface area contributed by atoms with Crippen molar-refractivity contribution in [3.05, 3.63) is 104 Å². The lowest BCUT2D eigenvalue weighted by Gasteiger charge is -2.12. The Labute approximate surface area is 190 Å². The second kappa shape index (κ2) is 10.1. The largest absolute Gasteiger partial charge is 0.491 e. The van der Waals surface area contributed by atoms with Crippen LogP contribution in [-0.2, 0) is 13.1 Å². The number of ether oxygens (including phenoxy) is 1. The van der Waals surface area contributed by atoms with E-state index in [1.807, 2.05) is 55.5 Å². The first-order valence-electron chi connectivity index (χ1n) is 10.6. The van der Waals surface area contributed by atoms with E-state index in [4.69, 9.17) is 14.4 Å². The summed E-state index contributed by atoms with van der Waals surface area (Å²) in [6.45, 7) is 3.14. The summed E-state index contributed by atoms with van der Waals surface area (Å²) >= 11 is 0. The molecule has 0 fully saturated rings. The van der Waals surface area contributed by atoms with Crippen LogP contribution in [0.4, 0.5) is 5.69 Å². The Kier molecular flexibility index (Phi) is 6.75. The average Bonchev–Trinajstić information content (AvgIpc) is 3.13. The van der Waals surface area contributed by atoms with Crippen molar-refractivity contribution < 1.29 is 14.4 Å². The van der Waals surface area contributed by atoms with Gasteiger partial charge in [0.15, 0.2) is 0 Å². The molecule has 0 saturated carbocycles. The summed E-state index contributed by atoms with van der Waals surface area (Å²) in [5.74, 6) is -0.0169. The summed E-state index contributed by atoms with van der Waals surface area (Å²) in [7, 11) is 0. The molecule has 0 unspecified atom stereocenters. The van der Waals surface area contributed by atoms with Crippen molar-refractivity contribution in [1.82, 2.24) is 9.72 Å². The second-order valence-electron chi connectivity index (χ2n) is 7.65. The van der Waals surface area contributed by atoms with E-state index in [2.05, 4.69) is 28.5 Å². The highest BCUT2D eigenvalue weighted by atomic mass is 16.5. The number of H-pyrrole nitrogens is 1. The predicted octanol–water partition coefficient (Wildman–Crippen LogP) is 3.14. The Balaban J connectivity index is 1.40. The number of hydrogen-bond donors (Lipinski definition) is 3. The van der Waals surface area contributed by atoms with Gasteiger partial charge in [-0.05, 0) is 65.1 Å². The van der Waals surface area contributed by atoms with Crippen LogP contribution in [-0.4, -0.2) is 28.0 Å². The number of hydrogen-bond acceptors (Lipinski definition) is 6. The maximum atomic E-state index is 11.6. The lowest BCUT2D eigenvalue weighted by atomic mass is 9.98. The van der Waals surface area contributed by atoms with Gasteiger partial charge in [0.05, 0.1) is 13.2 Å². The molecule has 1 heterocycles. The van der Waals surface area contributed by atoms with E-state index in [9.17, 15) is 9.59 Å². The summed E-state index contributed by atoms with van der Waals surface area (Å²) in [6.07, 6.45) is 0. The molecule has 0 aliphatic heterocycles. The molecule has 4 aromatic rings. The average molecular weight is 447 g/mol. The van der Waals surface area contributed by atoms with Crippen molar-refractivity contribution in [3.8, 4) is 16.9 Å². The van der Waals surface area contributed by atoms with Gasteiger partial charge in [-0.3, -0.25) is 0 Å². The van der Waals surface area contributed by atoms with E-state index < -0.39 is 11.4 Å². The van der Waals surface area contributed by atoms with E-state index >= 15 is 0 Å². The van der Waals surface area contributed by atoms with Crippen LogP contribution in [0.2, 0.25) is 0 Å². The molecule has 3 aromatic carbocycles.